The first-order chi connectivity index (χ1) is 12.0. The summed E-state index contributed by atoms with van der Waals surface area (Å²) in [5, 5.41) is 9.96. The molecule has 26 heavy (non-hydrogen) atoms. The maximum absolute atomic E-state index is 12.8. The van der Waals surface area contributed by atoms with Gasteiger partial charge in [-0.15, -0.1) is 0 Å². The Bertz CT molecular complexity index is 708. The maximum Gasteiger partial charge on any atom is 0.416 e. The lowest BCUT2D eigenvalue weighted by atomic mass is 10.0. The molecule has 0 radical (unpaired) electrons. The highest BCUT2D eigenvalue weighted by Gasteiger charge is 2.37. The van der Waals surface area contributed by atoms with Gasteiger partial charge in [-0.05, 0) is 41.5 Å². The molecular weight excluding hydrogens is 430 g/mol. The minimum atomic E-state index is -4.96. The highest BCUT2D eigenvalue weighted by Crippen LogP contribution is 2.37. The van der Waals surface area contributed by atoms with Crippen molar-refractivity contribution < 1.29 is 36.2 Å². The van der Waals surface area contributed by atoms with E-state index in [9.17, 15) is 31.4 Å². The van der Waals surface area contributed by atoms with E-state index in [1.165, 1.54) is 0 Å². The first-order valence-corrected chi connectivity index (χ1v) is 8.06. The molecule has 0 fully saturated rings. The number of ether oxygens (including phenoxy) is 1. The first kappa shape index (κ1) is 20.7. The molecule has 0 aliphatic heterocycles. The Kier molecular flexibility index (Phi) is 6.36. The van der Waals surface area contributed by atoms with Gasteiger partial charge >= 0.3 is 12.4 Å². The van der Waals surface area contributed by atoms with Crippen LogP contribution in [0.4, 0.5) is 26.3 Å². The van der Waals surface area contributed by atoms with Gasteiger partial charge < -0.3 is 9.84 Å². The Hall–Kier alpha value is -1.58. The average Bonchev–Trinajstić information content (AvgIpc) is 2.54. The second kappa shape index (κ2) is 7.98. The van der Waals surface area contributed by atoms with E-state index in [0.29, 0.717) is 12.1 Å². The Labute approximate surface area is 153 Å². The van der Waals surface area contributed by atoms with Gasteiger partial charge in [-0.3, -0.25) is 0 Å². The lowest BCUT2D eigenvalue weighted by Gasteiger charge is -2.17. The molecule has 0 aromatic heterocycles. The van der Waals surface area contributed by atoms with Gasteiger partial charge in [0.15, 0.2) is 0 Å². The molecule has 142 valence electrons. The topological polar surface area (TPSA) is 29.5 Å². The van der Waals surface area contributed by atoms with Crippen molar-refractivity contribution in [3.8, 4) is 0 Å². The molecular formula is C17H13BrF6O2. The number of hydrogen-bond donors (Lipinski definition) is 1. The molecule has 2 aromatic rings. The molecule has 0 heterocycles. The molecule has 0 aliphatic rings. The fourth-order valence-electron chi connectivity index (χ4n) is 2.14. The number of halogens is 7. The van der Waals surface area contributed by atoms with Crippen LogP contribution in [0.5, 0.6) is 0 Å². The molecule has 0 bridgehead atoms. The molecule has 2 rings (SSSR count). The highest BCUT2D eigenvalue weighted by molar-refractivity contribution is 9.10. The lowest BCUT2D eigenvalue weighted by molar-refractivity contribution is -0.143. The van der Waals surface area contributed by atoms with E-state index in [4.69, 9.17) is 4.74 Å². The predicted octanol–water partition coefficient (Wildman–Crippen LogP) is 5.74. The second-order valence-corrected chi connectivity index (χ2v) is 6.41. The summed E-state index contributed by atoms with van der Waals surface area (Å²) in [6.07, 6.45) is -11.6. The third-order valence-electron chi connectivity index (χ3n) is 3.45. The molecule has 0 aliphatic carbocycles. The quantitative estimate of drug-likeness (QED) is 0.598. The van der Waals surface area contributed by atoms with Crippen LogP contribution >= 0.6 is 15.9 Å². The zero-order valence-electron chi connectivity index (χ0n) is 13.0. The average molecular weight is 443 g/mol. The van der Waals surface area contributed by atoms with E-state index in [2.05, 4.69) is 15.9 Å². The fourth-order valence-corrected chi connectivity index (χ4v) is 2.40. The van der Waals surface area contributed by atoms with Crippen molar-refractivity contribution in [3.63, 3.8) is 0 Å². The monoisotopic (exact) mass is 442 g/mol. The van der Waals surface area contributed by atoms with Gasteiger partial charge in [0.25, 0.3) is 0 Å². The van der Waals surface area contributed by atoms with Crippen LogP contribution in [-0.4, -0.2) is 11.7 Å². The first-order valence-electron chi connectivity index (χ1n) is 7.26. The molecule has 1 atom stereocenters. The van der Waals surface area contributed by atoms with Crippen LogP contribution in [-0.2, 0) is 23.7 Å². The van der Waals surface area contributed by atoms with Crippen molar-refractivity contribution in [1.29, 1.82) is 0 Å². The van der Waals surface area contributed by atoms with Crippen molar-refractivity contribution in [1.82, 2.24) is 0 Å². The summed E-state index contributed by atoms with van der Waals surface area (Å²) in [5.74, 6) is 0. The molecule has 2 aromatic carbocycles. The van der Waals surface area contributed by atoms with Gasteiger partial charge in [0.1, 0.15) is 6.10 Å². The Morgan fingerprint density at radius 3 is 1.85 bits per heavy atom. The SMILES string of the molecule is O[C@H](COCc1ccc(Br)cc1)c1cc(C(F)(F)F)cc(C(F)(F)F)c1. The van der Waals surface area contributed by atoms with Gasteiger partial charge in [0, 0.05) is 4.47 Å². The van der Waals surface area contributed by atoms with Crippen LogP contribution in [0, 0.1) is 0 Å². The van der Waals surface area contributed by atoms with Crippen LogP contribution in [0.1, 0.15) is 28.4 Å². The van der Waals surface area contributed by atoms with Crippen LogP contribution in [0.15, 0.2) is 46.9 Å². The molecule has 0 amide bonds. The smallest absolute Gasteiger partial charge is 0.386 e. The number of alkyl halides is 6. The van der Waals surface area contributed by atoms with Gasteiger partial charge in [-0.25, -0.2) is 0 Å². The molecule has 0 saturated carbocycles. The zero-order chi connectivity index (χ0) is 19.5. The number of aliphatic hydroxyl groups excluding tert-OH is 1. The van der Waals surface area contributed by atoms with Gasteiger partial charge in [-0.1, -0.05) is 28.1 Å². The predicted molar refractivity (Wildman–Crippen MR) is 85.2 cm³/mol. The van der Waals surface area contributed by atoms with Gasteiger partial charge in [-0.2, -0.15) is 26.3 Å². The molecule has 0 unspecified atom stereocenters. The molecule has 2 nitrogen and oxygen atoms in total. The van der Waals surface area contributed by atoms with Crippen molar-refractivity contribution in [2.75, 3.05) is 6.61 Å². The third-order valence-corrected chi connectivity index (χ3v) is 3.98. The summed E-state index contributed by atoms with van der Waals surface area (Å²) in [6, 6.07) is 7.94. The van der Waals surface area contributed by atoms with Gasteiger partial charge in [0.2, 0.25) is 0 Å². The van der Waals surface area contributed by atoms with E-state index in [0.717, 1.165) is 10.0 Å². The lowest BCUT2D eigenvalue weighted by Crippen LogP contribution is -2.14. The highest BCUT2D eigenvalue weighted by atomic mass is 79.9. The van der Waals surface area contributed by atoms with Crippen molar-refractivity contribution in [2.24, 2.45) is 0 Å². The Morgan fingerprint density at radius 2 is 1.38 bits per heavy atom. The minimum Gasteiger partial charge on any atom is -0.386 e. The summed E-state index contributed by atoms with van der Waals surface area (Å²) < 4.78 is 83.0. The van der Waals surface area contributed by atoms with E-state index in [1.807, 2.05) is 0 Å². The number of rotatable bonds is 5. The van der Waals surface area contributed by atoms with E-state index < -0.39 is 41.8 Å². The molecule has 9 heteroatoms. The summed E-state index contributed by atoms with van der Waals surface area (Å²) in [5.41, 5.74) is -2.73. The normalized spacial score (nSPS) is 13.7. The Balaban J connectivity index is 2.13. The number of hydrogen-bond acceptors (Lipinski definition) is 2. The van der Waals surface area contributed by atoms with Gasteiger partial charge in [0.05, 0.1) is 24.3 Å². The maximum atomic E-state index is 12.8. The van der Waals surface area contributed by atoms with Crippen LogP contribution in [0.25, 0.3) is 0 Å². The van der Waals surface area contributed by atoms with Crippen LogP contribution in [0.3, 0.4) is 0 Å². The summed E-state index contributed by atoms with van der Waals surface area (Å²) in [7, 11) is 0. The fraction of sp³-hybridized carbons (Fsp3) is 0.294. The van der Waals surface area contributed by atoms with Crippen molar-refractivity contribution >= 4 is 15.9 Å². The van der Waals surface area contributed by atoms with Crippen molar-refractivity contribution in [3.05, 3.63) is 69.2 Å². The summed E-state index contributed by atoms with van der Waals surface area (Å²) in [4.78, 5) is 0. The van der Waals surface area contributed by atoms with E-state index >= 15 is 0 Å². The molecule has 0 saturated heterocycles. The van der Waals surface area contributed by atoms with Crippen molar-refractivity contribution in [2.45, 2.75) is 25.1 Å². The number of aliphatic hydroxyl groups is 1. The second-order valence-electron chi connectivity index (χ2n) is 5.50. The number of benzene rings is 2. The van der Waals surface area contributed by atoms with Crippen LogP contribution < -0.4 is 0 Å². The molecule has 1 N–H and O–H groups in total. The largest absolute Gasteiger partial charge is 0.416 e. The summed E-state index contributed by atoms with van der Waals surface area (Å²) in [6.45, 7) is -0.399. The van der Waals surface area contributed by atoms with E-state index in [1.54, 1.807) is 24.3 Å². The van der Waals surface area contributed by atoms with Crippen LogP contribution in [0.2, 0.25) is 0 Å². The summed E-state index contributed by atoms with van der Waals surface area (Å²) >= 11 is 3.25. The standard InChI is InChI=1S/C17H13BrF6O2/c18-14-3-1-10(2-4-14)8-26-9-15(25)11-5-12(16(19,20)21)7-13(6-11)17(22,23)24/h1-7,15,25H,8-9H2/t15-/m1/s1. The zero-order valence-corrected chi connectivity index (χ0v) is 14.6. The molecule has 0 spiro atoms. The third kappa shape index (κ3) is 5.72. The van der Waals surface area contributed by atoms with E-state index in [-0.39, 0.29) is 12.7 Å². The minimum absolute atomic E-state index is 0.0128. The Morgan fingerprint density at radius 1 is 0.885 bits per heavy atom.